The summed E-state index contributed by atoms with van der Waals surface area (Å²) in [5.74, 6) is 1.01. The lowest BCUT2D eigenvalue weighted by atomic mass is 10.0. The van der Waals surface area contributed by atoms with E-state index in [0.717, 1.165) is 4.47 Å². The van der Waals surface area contributed by atoms with Gasteiger partial charge in [-0.3, -0.25) is 4.79 Å². The zero-order valence-corrected chi connectivity index (χ0v) is 16.5. The van der Waals surface area contributed by atoms with Crippen molar-refractivity contribution < 1.29 is 18.7 Å². The summed E-state index contributed by atoms with van der Waals surface area (Å²) in [4.78, 5) is 28.8. The van der Waals surface area contributed by atoms with E-state index in [1.54, 1.807) is 37.4 Å². The molecule has 0 unspecified atom stereocenters. The Labute approximate surface area is 163 Å². The Kier molecular flexibility index (Phi) is 5.46. The van der Waals surface area contributed by atoms with Gasteiger partial charge < -0.3 is 19.2 Å². The van der Waals surface area contributed by atoms with Gasteiger partial charge in [0.25, 0.3) is 0 Å². The van der Waals surface area contributed by atoms with Crippen molar-refractivity contribution in [1.29, 1.82) is 0 Å². The number of carbonyl (C=O) groups is 1. The van der Waals surface area contributed by atoms with Crippen molar-refractivity contribution in [2.45, 2.75) is 13.3 Å². The third kappa shape index (κ3) is 3.95. The topological polar surface area (TPSA) is 90.7 Å². The summed E-state index contributed by atoms with van der Waals surface area (Å²) in [5.41, 5.74) is 0.741. The number of hydrogen-bond donors (Lipinski definition) is 1. The second kappa shape index (κ2) is 7.79. The van der Waals surface area contributed by atoms with Gasteiger partial charge in [0.15, 0.2) is 11.5 Å². The fourth-order valence-corrected chi connectivity index (χ4v) is 2.95. The number of benzene rings is 1. The minimum atomic E-state index is -0.564. The number of fused-ring (bicyclic) bond motifs is 1. The van der Waals surface area contributed by atoms with E-state index < -0.39 is 5.63 Å². The Balaban J connectivity index is 1.95. The van der Waals surface area contributed by atoms with Crippen molar-refractivity contribution in [3.05, 3.63) is 56.5 Å². The van der Waals surface area contributed by atoms with Crippen molar-refractivity contribution in [3.63, 3.8) is 0 Å². The summed E-state index contributed by atoms with van der Waals surface area (Å²) in [7, 11) is 3.03. The Morgan fingerprint density at radius 3 is 2.56 bits per heavy atom. The molecule has 140 valence electrons. The number of carbonyl (C=O) groups excluding carboxylic acids is 1. The van der Waals surface area contributed by atoms with Gasteiger partial charge in [0, 0.05) is 22.1 Å². The van der Waals surface area contributed by atoms with E-state index >= 15 is 0 Å². The molecule has 0 aliphatic heterocycles. The number of halogens is 1. The van der Waals surface area contributed by atoms with Gasteiger partial charge in [-0.1, -0.05) is 0 Å². The summed E-state index contributed by atoms with van der Waals surface area (Å²) in [6, 6.07) is 6.75. The number of amides is 1. The van der Waals surface area contributed by atoms with E-state index in [0.29, 0.717) is 33.8 Å². The zero-order chi connectivity index (χ0) is 19.6. The summed E-state index contributed by atoms with van der Waals surface area (Å²) in [6.45, 7) is 1.77. The highest BCUT2D eigenvalue weighted by molar-refractivity contribution is 9.10. The summed E-state index contributed by atoms with van der Waals surface area (Å²) in [5, 5.41) is 3.34. The van der Waals surface area contributed by atoms with Gasteiger partial charge in [0.2, 0.25) is 5.91 Å². The van der Waals surface area contributed by atoms with Crippen molar-refractivity contribution in [3.8, 4) is 11.5 Å². The van der Waals surface area contributed by atoms with Crippen molar-refractivity contribution in [2.24, 2.45) is 0 Å². The second-order valence-electron chi connectivity index (χ2n) is 5.78. The van der Waals surface area contributed by atoms with E-state index in [1.165, 1.54) is 14.2 Å². The van der Waals surface area contributed by atoms with Crippen LogP contribution in [0, 0.1) is 6.92 Å². The number of nitrogens with zero attached hydrogens (tertiary/aromatic N) is 1. The SMILES string of the molecule is COc1cc2oc(=O)c(CC(=O)Nc3ccc(Br)cn3)c(C)c2cc1OC. The van der Waals surface area contributed by atoms with Gasteiger partial charge in [0.05, 0.1) is 26.2 Å². The Morgan fingerprint density at radius 1 is 1.22 bits per heavy atom. The van der Waals surface area contributed by atoms with Gasteiger partial charge in [-0.25, -0.2) is 9.78 Å². The van der Waals surface area contributed by atoms with E-state index in [1.807, 2.05) is 0 Å². The molecule has 0 fully saturated rings. The molecule has 0 atom stereocenters. The van der Waals surface area contributed by atoms with Gasteiger partial charge >= 0.3 is 5.63 Å². The smallest absolute Gasteiger partial charge is 0.340 e. The number of anilines is 1. The quantitative estimate of drug-likeness (QED) is 0.620. The highest BCUT2D eigenvalue weighted by Gasteiger charge is 2.17. The molecule has 0 spiro atoms. The molecule has 0 bridgehead atoms. The average molecular weight is 433 g/mol. The lowest BCUT2D eigenvalue weighted by molar-refractivity contribution is -0.115. The number of aromatic nitrogens is 1. The molecular formula is C19H17BrN2O5. The molecule has 1 N–H and O–H groups in total. The largest absolute Gasteiger partial charge is 0.493 e. The number of ether oxygens (including phenoxy) is 2. The van der Waals surface area contributed by atoms with Crippen LogP contribution in [0.25, 0.3) is 11.0 Å². The molecule has 8 heteroatoms. The third-order valence-corrected chi connectivity index (χ3v) is 4.59. The molecule has 0 saturated carbocycles. The molecule has 7 nitrogen and oxygen atoms in total. The molecule has 2 heterocycles. The molecule has 0 aliphatic carbocycles. The number of nitrogens with one attached hydrogen (secondary N) is 1. The fraction of sp³-hybridized carbons (Fsp3) is 0.211. The van der Waals surface area contributed by atoms with Crippen LogP contribution in [-0.4, -0.2) is 25.1 Å². The predicted octanol–water partition coefficient (Wildman–Crippen LogP) is 3.46. The summed E-state index contributed by atoms with van der Waals surface area (Å²) in [6.07, 6.45) is 1.45. The summed E-state index contributed by atoms with van der Waals surface area (Å²) < 4.78 is 16.7. The van der Waals surface area contributed by atoms with Gasteiger partial charge in [-0.2, -0.15) is 0 Å². The molecule has 2 aromatic heterocycles. The fourth-order valence-electron chi connectivity index (χ4n) is 2.72. The zero-order valence-electron chi connectivity index (χ0n) is 15.0. The predicted molar refractivity (Wildman–Crippen MR) is 105 cm³/mol. The molecule has 0 saturated heterocycles. The van der Waals surface area contributed by atoms with E-state index in [4.69, 9.17) is 13.9 Å². The van der Waals surface area contributed by atoms with Crippen LogP contribution in [0.4, 0.5) is 5.82 Å². The first-order valence-electron chi connectivity index (χ1n) is 8.02. The van der Waals surface area contributed by atoms with Gasteiger partial charge in [-0.05, 0) is 46.6 Å². The average Bonchev–Trinajstić information content (AvgIpc) is 2.66. The molecule has 1 amide bonds. The lowest BCUT2D eigenvalue weighted by Crippen LogP contribution is -2.21. The van der Waals surface area contributed by atoms with Crippen LogP contribution in [0.1, 0.15) is 11.1 Å². The van der Waals surface area contributed by atoms with Crippen LogP contribution in [0.5, 0.6) is 11.5 Å². The van der Waals surface area contributed by atoms with Crippen molar-refractivity contribution in [2.75, 3.05) is 19.5 Å². The second-order valence-corrected chi connectivity index (χ2v) is 6.70. The van der Waals surface area contributed by atoms with Crippen LogP contribution in [-0.2, 0) is 11.2 Å². The first-order chi connectivity index (χ1) is 12.9. The minimum absolute atomic E-state index is 0.129. The molecule has 3 aromatic rings. The first-order valence-corrected chi connectivity index (χ1v) is 8.82. The molecule has 0 aliphatic rings. The maximum atomic E-state index is 12.4. The molecular weight excluding hydrogens is 416 g/mol. The summed E-state index contributed by atoms with van der Waals surface area (Å²) >= 11 is 3.28. The van der Waals surface area contributed by atoms with Crippen molar-refractivity contribution >= 4 is 38.6 Å². The Bertz CT molecular complexity index is 1060. The van der Waals surface area contributed by atoms with Crippen LogP contribution >= 0.6 is 15.9 Å². The van der Waals surface area contributed by atoms with Gasteiger partial charge in [-0.15, -0.1) is 0 Å². The number of pyridine rings is 1. The standard InChI is InChI=1S/C19H17BrN2O5/c1-10-12-6-15(25-2)16(26-3)8-14(12)27-19(24)13(10)7-18(23)22-17-5-4-11(20)9-21-17/h4-6,8-9H,7H2,1-3H3,(H,21,22,23). The van der Waals surface area contributed by atoms with Gasteiger partial charge in [0.1, 0.15) is 11.4 Å². The highest BCUT2D eigenvalue weighted by Crippen LogP contribution is 2.33. The highest BCUT2D eigenvalue weighted by atomic mass is 79.9. The maximum Gasteiger partial charge on any atom is 0.340 e. The van der Waals surface area contributed by atoms with Crippen LogP contribution in [0.15, 0.2) is 44.1 Å². The normalized spacial score (nSPS) is 10.7. The Hall–Kier alpha value is -2.87. The van der Waals surface area contributed by atoms with E-state index in [9.17, 15) is 9.59 Å². The Morgan fingerprint density at radius 2 is 1.93 bits per heavy atom. The minimum Gasteiger partial charge on any atom is -0.493 e. The first kappa shape index (κ1) is 18.9. The van der Waals surface area contributed by atoms with Crippen LogP contribution < -0.4 is 20.4 Å². The van der Waals surface area contributed by atoms with Crippen LogP contribution in [0.3, 0.4) is 0 Å². The number of rotatable bonds is 5. The number of hydrogen-bond acceptors (Lipinski definition) is 6. The van der Waals surface area contributed by atoms with Crippen molar-refractivity contribution in [1.82, 2.24) is 4.98 Å². The molecule has 27 heavy (non-hydrogen) atoms. The monoisotopic (exact) mass is 432 g/mol. The maximum absolute atomic E-state index is 12.4. The van der Waals surface area contributed by atoms with E-state index in [-0.39, 0.29) is 17.9 Å². The third-order valence-electron chi connectivity index (χ3n) is 4.12. The lowest BCUT2D eigenvalue weighted by Gasteiger charge is -2.12. The van der Waals surface area contributed by atoms with Crippen LogP contribution in [0.2, 0.25) is 0 Å². The number of methoxy groups -OCH3 is 2. The molecule has 3 rings (SSSR count). The molecule has 1 aromatic carbocycles. The van der Waals surface area contributed by atoms with E-state index in [2.05, 4.69) is 26.2 Å². The molecule has 0 radical (unpaired) electrons. The number of aryl methyl sites for hydroxylation is 1.